The summed E-state index contributed by atoms with van der Waals surface area (Å²) in [7, 11) is 1.49. The molecule has 2 aromatic heterocycles. The molecule has 0 N–H and O–H groups in total. The predicted octanol–water partition coefficient (Wildman–Crippen LogP) is 2.34. The second-order valence-electron chi connectivity index (χ2n) is 7.04. The van der Waals surface area contributed by atoms with Gasteiger partial charge in [-0.25, -0.2) is 9.36 Å². The fraction of sp³-hybridized carbons (Fsp3) is 0.0800. The molecule has 5 nitrogen and oxygen atoms in total. The van der Waals surface area contributed by atoms with Gasteiger partial charge in [0, 0.05) is 23.1 Å². The number of aromatic nitrogens is 1. The summed E-state index contributed by atoms with van der Waals surface area (Å²) in [6.45, 7) is 0.559. The Balaban J connectivity index is 0.00000306. The van der Waals surface area contributed by atoms with E-state index in [2.05, 4.69) is 0 Å². The molecule has 168 valence electrons. The van der Waals surface area contributed by atoms with Gasteiger partial charge in [0.15, 0.2) is 36.1 Å². The van der Waals surface area contributed by atoms with E-state index in [4.69, 9.17) is 32.4 Å². The van der Waals surface area contributed by atoms with E-state index >= 15 is 0 Å². The fourth-order valence-corrected chi connectivity index (χ4v) is 3.64. The average molecular weight is 503 g/mol. The summed E-state index contributed by atoms with van der Waals surface area (Å²) < 4.78 is 12.5. The van der Waals surface area contributed by atoms with E-state index in [1.807, 2.05) is 41.2 Å². The average Bonchev–Trinajstić information content (AvgIpc) is 2.80. The SMILES string of the molecule is COc1cccc2cc(C(=O)/C=C/c3cc[n+](Cc4cccc(Cl)c4Cl)cc3)c(=O)oc12.[Cl-]. The maximum Gasteiger partial charge on any atom is 0.347 e. The highest BCUT2D eigenvalue weighted by atomic mass is 35.5. The number of methoxy groups -OCH3 is 1. The zero-order valence-electron chi connectivity index (χ0n) is 17.4. The summed E-state index contributed by atoms with van der Waals surface area (Å²) in [5, 5.41) is 1.66. The van der Waals surface area contributed by atoms with Crippen LogP contribution in [-0.4, -0.2) is 12.9 Å². The van der Waals surface area contributed by atoms with Crippen LogP contribution in [0.3, 0.4) is 0 Å². The quantitative estimate of drug-likeness (QED) is 0.176. The molecule has 0 atom stereocenters. The van der Waals surface area contributed by atoms with E-state index in [0.717, 1.165) is 11.1 Å². The van der Waals surface area contributed by atoms with Crippen LogP contribution < -0.4 is 27.3 Å². The van der Waals surface area contributed by atoms with Gasteiger partial charge in [0.05, 0.1) is 17.2 Å². The topological polar surface area (TPSA) is 60.4 Å². The predicted molar refractivity (Wildman–Crippen MR) is 125 cm³/mol. The standard InChI is InChI=1S/C25H18Cl2NO4.ClH/c1-31-22-7-3-4-17-14-19(25(30)32-24(17)22)21(29)9-8-16-10-12-28(13-11-16)15-18-5-2-6-20(26)23(18)27;/h2-14H,15H2,1H3;1H/q+1;/p-1/b9-8+;. The van der Waals surface area contributed by atoms with E-state index in [1.165, 1.54) is 19.3 Å². The number of hydrogen-bond donors (Lipinski definition) is 0. The molecule has 0 saturated carbocycles. The lowest BCUT2D eigenvalue weighted by Crippen LogP contribution is -3.00. The Morgan fingerprint density at radius 3 is 2.55 bits per heavy atom. The molecular weight excluding hydrogens is 485 g/mol. The molecule has 0 aliphatic carbocycles. The first-order valence-electron chi connectivity index (χ1n) is 9.71. The lowest BCUT2D eigenvalue weighted by atomic mass is 10.1. The summed E-state index contributed by atoms with van der Waals surface area (Å²) in [4.78, 5) is 24.9. The number of ketones is 1. The third-order valence-corrected chi connectivity index (χ3v) is 5.80. The number of carbonyl (C=O) groups excluding carboxylic acids is 1. The lowest BCUT2D eigenvalue weighted by molar-refractivity contribution is -0.688. The number of fused-ring (bicyclic) bond motifs is 1. The molecule has 0 bridgehead atoms. The molecular formula is C25H18Cl3NO4. The van der Waals surface area contributed by atoms with Crippen LogP contribution in [-0.2, 0) is 6.54 Å². The van der Waals surface area contributed by atoms with Crippen molar-refractivity contribution >= 4 is 46.0 Å². The number of rotatable bonds is 6. The van der Waals surface area contributed by atoms with Crippen molar-refractivity contribution < 1.29 is 30.9 Å². The zero-order chi connectivity index (χ0) is 22.7. The minimum Gasteiger partial charge on any atom is -1.00 e. The first-order chi connectivity index (χ1) is 15.5. The van der Waals surface area contributed by atoms with Crippen LogP contribution in [0.1, 0.15) is 21.5 Å². The van der Waals surface area contributed by atoms with Crippen molar-refractivity contribution in [3.05, 3.63) is 110 Å². The molecule has 0 amide bonds. The van der Waals surface area contributed by atoms with Crippen LogP contribution in [0.25, 0.3) is 17.0 Å². The number of para-hydroxylation sites is 1. The lowest BCUT2D eigenvalue weighted by Gasteiger charge is -2.04. The fourth-order valence-electron chi connectivity index (χ4n) is 3.26. The first-order valence-corrected chi connectivity index (χ1v) is 10.5. The molecule has 4 aromatic rings. The number of ether oxygens (including phenoxy) is 1. The number of hydrogen-bond acceptors (Lipinski definition) is 4. The third-order valence-electron chi connectivity index (χ3n) is 4.94. The van der Waals surface area contributed by atoms with Crippen molar-refractivity contribution in [1.29, 1.82) is 0 Å². The molecule has 0 radical (unpaired) electrons. The largest absolute Gasteiger partial charge is 1.00 e. The van der Waals surface area contributed by atoms with Gasteiger partial charge in [-0.3, -0.25) is 4.79 Å². The van der Waals surface area contributed by atoms with Gasteiger partial charge in [-0.15, -0.1) is 0 Å². The summed E-state index contributed by atoms with van der Waals surface area (Å²) >= 11 is 12.3. The van der Waals surface area contributed by atoms with Gasteiger partial charge >= 0.3 is 5.63 Å². The van der Waals surface area contributed by atoms with Gasteiger partial charge in [0.25, 0.3) is 0 Å². The Bertz CT molecular complexity index is 1400. The van der Waals surface area contributed by atoms with Crippen molar-refractivity contribution in [3.8, 4) is 5.75 Å². The molecule has 8 heteroatoms. The van der Waals surface area contributed by atoms with Crippen LogP contribution in [0.2, 0.25) is 10.0 Å². The highest BCUT2D eigenvalue weighted by molar-refractivity contribution is 6.42. The first kappa shape index (κ1) is 24.5. The molecule has 0 spiro atoms. The van der Waals surface area contributed by atoms with Crippen molar-refractivity contribution in [1.82, 2.24) is 0 Å². The third kappa shape index (κ3) is 5.45. The molecule has 0 aliphatic rings. The van der Waals surface area contributed by atoms with Crippen molar-refractivity contribution in [2.75, 3.05) is 7.11 Å². The highest BCUT2D eigenvalue weighted by Gasteiger charge is 2.14. The molecule has 2 heterocycles. The van der Waals surface area contributed by atoms with E-state index in [9.17, 15) is 9.59 Å². The molecule has 0 unspecified atom stereocenters. The monoisotopic (exact) mass is 501 g/mol. The van der Waals surface area contributed by atoms with Crippen molar-refractivity contribution in [2.45, 2.75) is 6.54 Å². The molecule has 0 fully saturated rings. The second kappa shape index (κ2) is 10.7. The van der Waals surface area contributed by atoms with Gasteiger partial charge in [-0.05, 0) is 29.8 Å². The molecule has 0 saturated heterocycles. The van der Waals surface area contributed by atoms with Gasteiger partial charge < -0.3 is 21.6 Å². The number of carbonyl (C=O) groups is 1. The van der Waals surface area contributed by atoms with Crippen molar-refractivity contribution in [3.63, 3.8) is 0 Å². The Morgan fingerprint density at radius 2 is 1.82 bits per heavy atom. The van der Waals surface area contributed by atoms with Crippen molar-refractivity contribution in [2.24, 2.45) is 0 Å². The zero-order valence-corrected chi connectivity index (χ0v) is 19.7. The minimum atomic E-state index is -0.707. The highest BCUT2D eigenvalue weighted by Crippen LogP contribution is 2.26. The van der Waals surface area contributed by atoms with Crippen LogP contribution in [0.15, 0.2) is 82.3 Å². The number of pyridine rings is 1. The van der Waals surface area contributed by atoms with Crippen LogP contribution in [0.4, 0.5) is 0 Å². The van der Waals surface area contributed by atoms with E-state index in [1.54, 1.807) is 30.3 Å². The Labute approximate surface area is 206 Å². The Morgan fingerprint density at radius 1 is 1.09 bits per heavy atom. The maximum absolute atomic E-state index is 12.6. The Kier molecular flexibility index (Phi) is 7.92. The molecule has 33 heavy (non-hydrogen) atoms. The van der Waals surface area contributed by atoms with E-state index < -0.39 is 11.4 Å². The van der Waals surface area contributed by atoms with E-state index in [0.29, 0.717) is 33.3 Å². The number of allylic oxidation sites excluding steroid dienone is 1. The number of nitrogens with zero attached hydrogens (tertiary/aromatic N) is 1. The van der Waals surface area contributed by atoms with Gasteiger partial charge in [0.2, 0.25) is 0 Å². The maximum atomic E-state index is 12.6. The van der Waals surface area contributed by atoms with Crippen LogP contribution >= 0.6 is 23.2 Å². The number of halogens is 3. The van der Waals surface area contributed by atoms with Gasteiger partial charge in [0.1, 0.15) is 5.56 Å². The smallest absolute Gasteiger partial charge is 0.347 e. The van der Waals surface area contributed by atoms with Crippen LogP contribution in [0, 0.1) is 0 Å². The number of benzene rings is 2. The second-order valence-corrected chi connectivity index (χ2v) is 7.83. The van der Waals surface area contributed by atoms with Gasteiger partial charge in [-0.2, -0.15) is 0 Å². The minimum absolute atomic E-state index is 0. The normalized spacial score (nSPS) is 10.9. The summed E-state index contributed by atoms with van der Waals surface area (Å²) in [5.41, 5.74) is 1.28. The molecule has 0 aliphatic heterocycles. The summed E-state index contributed by atoms with van der Waals surface area (Å²) in [6, 6.07) is 16.0. The van der Waals surface area contributed by atoms with Crippen LogP contribution in [0.5, 0.6) is 5.75 Å². The van der Waals surface area contributed by atoms with E-state index in [-0.39, 0.29) is 18.0 Å². The molecule has 2 aromatic carbocycles. The Hall–Kier alpha value is -3.12. The van der Waals surface area contributed by atoms with Gasteiger partial charge in [-0.1, -0.05) is 53.5 Å². The molecule has 4 rings (SSSR count). The summed E-state index contributed by atoms with van der Waals surface area (Å²) in [6.07, 6.45) is 6.75. The summed E-state index contributed by atoms with van der Waals surface area (Å²) in [5.74, 6) is -0.00305.